The predicted octanol–water partition coefficient (Wildman–Crippen LogP) is 3.71. The maximum Gasteiger partial charge on any atom is 0.276 e. The second-order valence-electron chi connectivity index (χ2n) is 4.38. The zero-order chi connectivity index (χ0) is 16.8. The molecule has 2 N–H and O–H groups in total. The summed E-state index contributed by atoms with van der Waals surface area (Å²) in [6, 6.07) is 11.7. The first-order chi connectivity index (χ1) is 11.0. The Kier molecular flexibility index (Phi) is 6.44. The lowest BCUT2D eigenvalue weighted by Gasteiger charge is -2.10. The van der Waals surface area contributed by atoms with E-state index in [-0.39, 0.29) is 6.61 Å². The molecule has 0 fully saturated rings. The first-order valence-corrected chi connectivity index (χ1v) is 8.34. The number of ether oxygens (including phenoxy) is 1. The minimum Gasteiger partial charge on any atom is -0.483 e. The predicted molar refractivity (Wildman–Crippen MR) is 94.4 cm³/mol. The number of hydrogen-bond acceptors (Lipinski definition) is 3. The van der Waals surface area contributed by atoms with Gasteiger partial charge in [-0.3, -0.25) is 20.4 Å². The molecule has 2 rings (SSSR count). The van der Waals surface area contributed by atoms with E-state index in [0.717, 1.165) is 4.47 Å². The second-order valence-corrected chi connectivity index (χ2v) is 6.58. The van der Waals surface area contributed by atoms with Gasteiger partial charge in [-0.05, 0) is 52.3 Å². The fourth-order valence-electron chi connectivity index (χ4n) is 1.60. The van der Waals surface area contributed by atoms with Gasteiger partial charge in [0.25, 0.3) is 11.8 Å². The molecule has 0 aliphatic rings. The first kappa shape index (κ1) is 17.8. The van der Waals surface area contributed by atoms with E-state index in [4.69, 9.17) is 16.3 Å². The van der Waals surface area contributed by atoms with Crippen LogP contribution in [0.1, 0.15) is 10.4 Å². The van der Waals surface area contributed by atoms with E-state index in [1.54, 1.807) is 42.5 Å². The van der Waals surface area contributed by atoms with E-state index in [9.17, 15) is 9.59 Å². The number of amides is 2. The lowest BCUT2D eigenvalue weighted by Crippen LogP contribution is -2.43. The molecule has 8 heteroatoms. The van der Waals surface area contributed by atoms with E-state index >= 15 is 0 Å². The molecule has 2 amide bonds. The summed E-state index contributed by atoms with van der Waals surface area (Å²) in [5, 5.41) is 0.551. The van der Waals surface area contributed by atoms with Gasteiger partial charge in [-0.1, -0.05) is 33.6 Å². The van der Waals surface area contributed by atoms with E-state index in [1.165, 1.54) is 0 Å². The summed E-state index contributed by atoms with van der Waals surface area (Å²) < 4.78 is 6.74. The van der Waals surface area contributed by atoms with Crippen LogP contribution in [0.3, 0.4) is 0 Å². The van der Waals surface area contributed by atoms with Crippen molar-refractivity contribution < 1.29 is 14.3 Å². The largest absolute Gasteiger partial charge is 0.483 e. The third-order valence-electron chi connectivity index (χ3n) is 2.65. The molecule has 0 aliphatic heterocycles. The Morgan fingerprint density at radius 3 is 2.57 bits per heavy atom. The summed E-state index contributed by atoms with van der Waals surface area (Å²) in [6.45, 7) is -0.251. The average molecular weight is 463 g/mol. The number of carbonyl (C=O) groups excluding carboxylic acids is 2. The highest BCUT2D eigenvalue weighted by molar-refractivity contribution is 9.10. The molecule has 2 aromatic rings. The van der Waals surface area contributed by atoms with Gasteiger partial charge >= 0.3 is 0 Å². The highest BCUT2D eigenvalue weighted by Gasteiger charge is 2.09. The van der Waals surface area contributed by atoms with Crippen LogP contribution in [0.4, 0.5) is 0 Å². The molecule has 0 heterocycles. The molecule has 0 saturated heterocycles. The van der Waals surface area contributed by atoms with Crippen LogP contribution in [0.25, 0.3) is 0 Å². The van der Waals surface area contributed by atoms with Crippen molar-refractivity contribution in [3.63, 3.8) is 0 Å². The van der Waals surface area contributed by atoms with Gasteiger partial charge in [0.2, 0.25) is 0 Å². The van der Waals surface area contributed by atoms with E-state index in [0.29, 0.717) is 20.8 Å². The normalized spacial score (nSPS) is 10.0. The lowest BCUT2D eigenvalue weighted by molar-refractivity contribution is -0.123. The quantitative estimate of drug-likeness (QED) is 0.681. The van der Waals surface area contributed by atoms with Crippen molar-refractivity contribution >= 4 is 55.3 Å². The Morgan fingerprint density at radius 2 is 1.87 bits per heavy atom. The molecular formula is C15H11Br2ClN2O3. The van der Waals surface area contributed by atoms with Gasteiger partial charge in [0.15, 0.2) is 6.61 Å². The topological polar surface area (TPSA) is 67.4 Å². The Balaban J connectivity index is 1.82. The van der Waals surface area contributed by atoms with Crippen LogP contribution >= 0.6 is 43.5 Å². The van der Waals surface area contributed by atoms with Gasteiger partial charge in [-0.25, -0.2) is 0 Å². The smallest absolute Gasteiger partial charge is 0.276 e. The minimum absolute atomic E-state index is 0.251. The van der Waals surface area contributed by atoms with Gasteiger partial charge in [0.05, 0.1) is 4.47 Å². The zero-order valence-electron chi connectivity index (χ0n) is 11.6. The third kappa shape index (κ3) is 5.53. The van der Waals surface area contributed by atoms with Crippen LogP contribution in [-0.4, -0.2) is 18.4 Å². The minimum atomic E-state index is -0.491. The van der Waals surface area contributed by atoms with Crippen LogP contribution in [0.15, 0.2) is 51.4 Å². The summed E-state index contributed by atoms with van der Waals surface area (Å²) in [6.07, 6.45) is 0. The number of rotatable bonds is 4. The SMILES string of the molecule is O=C(COc1ccc(Cl)cc1Br)NNC(=O)c1cccc(Br)c1. The molecule has 0 unspecified atom stereocenters. The standard InChI is InChI=1S/C15H11Br2ClN2O3/c16-10-3-1-2-9(6-10)15(22)20-19-14(21)8-23-13-5-4-11(18)7-12(13)17/h1-7H,8H2,(H,19,21)(H,20,22). The highest BCUT2D eigenvalue weighted by Crippen LogP contribution is 2.27. The number of nitrogens with one attached hydrogen (secondary N) is 2. The third-order valence-corrected chi connectivity index (χ3v) is 4.00. The summed E-state index contributed by atoms with van der Waals surface area (Å²) >= 11 is 12.4. The highest BCUT2D eigenvalue weighted by atomic mass is 79.9. The van der Waals surface area contributed by atoms with Crippen molar-refractivity contribution in [1.82, 2.24) is 10.9 Å². The van der Waals surface area contributed by atoms with Crippen LogP contribution in [0, 0.1) is 0 Å². The Hall–Kier alpha value is -1.57. The second kappa shape index (κ2) is 8.33. The molecular weight excluding hydrogens is 451 g/mol. The molecule has 0 aromatic heterocycles. The van der Waals surface area contributed by atoms with Crippen molar-refractivity contribution in [2.45, 2.75) is 0 Å². The zero-order valence-corrected chi connectivity index (χ0v) is 15.5. The van der Waals surface area contributed by atoms with Crippen molar-refractivity contribution in [1.29, 1.82) is 0 Å². The number of carbonyl (C=O) groups is 2. The molecule has 5 nitrogen and oxygen atoms in total. The van der Waals surface area contributed by atoms with E-state index < -0.39 is 11.8 Å². The summed E-state index contributed by atoms with van der Waals surface area (Å²) in [7, 11) is 0. The molecule has 0 radical (unpaired) electrons. The van der Waals surface area contributed by atoms with Gasteiger partial charge in [0, 0.05) is 15.1 Å². The number of benzene rings is 2. The molecule has 2 aromatic carbocycles. The van der Waals surface area contributed by atoms with Crippen molar-refractivity contribution in [3.8, 4) is 5.75 Å². The summed E-state index contributed by atoms with van der Waals surface area (Å²) in [4.78, 5) is 23.6. The average Bonchev–Trinajstić information content (AvgIpc) is 2.51. The van der Waals surface area contributed by atoms with Crippen LogP contribution in [0.5, 0.6) is 5.75 Å². The molecule has 0 atom stereocenters. The van der Waals surface area contributed by atoms with Gasteiger partial charge in [-0.2, -0.15) is 0 Å². The lowest BCUT2D eigenvalue weighted by atomic mass is 10.2. The summed E-state index contributed by atoms with van der Waals surface area (Å²) in [5.41, 5.74) is 5.01. The summed E-state index contributed by atoms with van der Waals surface area (Å²) in [5.74, 6) is -0.439. The molecule has 0 spiro atoms. The number of halogens is 3. The monoisotopic (exact) mass is 460 g/mol. The molecule has 23 heavy (non-hydrogen) atoms. The fraction of sp³-hybridized carbons (Fsp3) is 0.0667. The van der Waals surface area contributed by atoms with Crippen LogP contribution in [0.2, 0.25) is 5.02 Å². The van der Waals surface area contributed by atoms with Gasteiger partial charge < -0.3 is 4.74 Å². The fourth-order valence-corrected chi connectivity index (χ4v) is 2.80. The van der Waals surface area contributed by atoms with Gasteiger partial charge in [0.1, 0.15) is 5.75 Å². The van der Waals surface area contributed by atoms with E-state index in [1.807, 2.05) is 0 Å². The van der Waals surface area contributed by atoms with Crippen LogP contribution < -0.4 is 15.6 Å². The molecule has 120 valence electrons. The van der Waals surface area contributed by atoms with Gasteiger partial charge in [-0.15, -0.1) is 0 Å². The Morgan fingerprint density at radius 1 is 1.09 bits per heavy atom. The van der Waals surface area contributed by atoms with Crippen molar-refractivity contribution in [2.75, 3.05) is 6.61 Å². The first-order valence-electron chi connectivity index (χ1n) is 6.38. The molecule has 0 saturated carbocycles. The maximum atomic E-state index is 11.9. The van der Waals surface area contributed by atoms with Crippen molar-refractivity contribution in [3.05, 3.63) is 62.0 Å². The number of hydrazine groups is 1. The maximum absolute atomic E-state index is 11.9. The van der Waals surface area contributed by atoms with Crippen molar-refractivity contribution in [2.24, 2.45) is 0 Å². The molecule has 0 aliphatic carbocycles. The number of hydrogen-bond donors (Lipinski definition) is 2. The Labute approximate surface area is 154 Å². The van der Waals surface area contributed by atoms with E-state index in [2.05, 4.69) is 42.7 Å². The Bertz CT molecular complexity index is 740. The van der Waals surface area contributed by atoms with Crippen LogP contribution in [-0.2, 0) is 4.79 Å². The molecule has 0 bridgehead atoms.